The Kier molecular flexibility index (Phi) is 4.71. The first-order valence-corrected chi connectivity index (χ1v) is 8.63. The van der Waals surface area contributed by atoms with Crippen LogP contribution >= 0.6 is 0 Å². The average Bonchev–Trinajstić information content (AvgIpc) is 2.62. The van der Waals surface area contributed by atoms with Crippen LogP contribution in [0.3, 0.4) is 0 Å². The summed E-state index contributed by atoms with van der Waals surface area (Å²) in [6.45, 7) is 6.46. The van der Waals surface area contributed by atoms with Crippen molar-refractivity contribution in [2.75, 3.05) is 0 Å². The molecule has 0 spiro atoms. The highest BCUT2D eigenvalue weighted by molar-refractivity contribution is 5.82. The molecule has 0 aliphatic rings. The first-order chi connectivity index (χ1) is 11.6. The molecule has 1 heteroatoms. The standard InChI is InChI=1S/C23H24O/c1-4-19-20(17-11-7-5-8-12-17)15-21(18-13-9-6-10-14-18)23(24)22(19)16(2)3/h5-16,24H,4H2,1-3H3. The van der Waals surface area contributed by atoms with E-state index in [0.29, 0.717) is 5.75 Å². The summed E-state index contributed by atoms with van der Waals surface area (Å²) in [5, 5.41) is 11.0. The maximum atomic E-state index is 11.0. The second-order valence-electron chi connectivity index (χ2n) is 6.45. The van der Waals surface area contributed by atoms with E-state index >= 15 is 0 Å². The molecular weight excluding hydrogens is 292 g/mol. The maximum Gasteiger partial charge on any atom is 0.127 e. The van der Waals surface area contributed by atoms with Gasteiger partial charge in [-0.3, -0.25) is 0 Å². The molecule has 1 nitrogen and oxygen atoms in total. The minimum Gasteiger partial charge on any atom is -0.507 e. The zero-order chi connectivity index (χ0) is 17.1. The summed E-state index contributed by atoms with van der Waals surface area (Å²) in [5.74, 6) is 0.693. The van der Waals surface area contributed by atoms with Crippen molar-refractivity contribution >= 4 is 0 Å². The number of benzene rings is 3. The molecule has 0 unspecified atom stereocenters. The molecule has 3 aromatic carbocycles. The molecule has 24 heavy (non-hydrogen) atoms. The van der Waals surface area contributed by atoms with E-state index in [-0.39, 0.29) is 5.92 Å². The van der Waals surface area contributed by atoms with Gasteiger partial charge in [-0.2, -0.15) is 0 Å². The Balaban J connectivity index is 2.35. The fourth-order valence-corrected chi connectivity index (χ4v) is 3.45. The minimum atomic E-state index is 0.270. The number of aromatic hydroxyl groups is 1. The second-order valence-corrected chi connectivity index (χ2v) is 6.45. The molecule has 0 aliphatic heterocycles. The van der Waals surface area contributed by atoms with Crippen molar-refractivity contribution < 1.29 is 5.11 Å². The normalized spacial score (nSPS) is 11.0. The van der Waals surface area contributed by atoms with Gasteiger partial charge in [0.05, 0.1) is 0 Å². The molecular formula is C23H24O. The Morgan fingerprint density at radius 1 is 0.792 bits per heavy atom. The highest BCUT2D eigenvalue weighted by Gasteiger charge is 2.20. The number of hydrogen-bond donors (Lipinski definition) is 1. The van der Waals surface area contributed by atoms with E-state index < -0.39 is 0 Å². The molecule has 0 aromatic heterocycles. The second kappa shape index (κ2) is 6.92. The van der Waals surface area contributed by atoms with Crippen LogP contribution in [0.25, 0.3) is 22.3 Å². The quantitative estimate of drug-likeness (QED) is 0.589. The van der Waals surface area contributed by atoms with Gasteiger partial charge in [0.2, 0.25) is 0 Å². The van der Waals surface area contributed by atoms with Crippen LogP contribution in [0.15, 0.2) is 66.7 Å². The Morgan fingerprint density at radius 3 is 1.75 bits per heavy atom. The molecule has 0 heterocycles. The summed E-state index contributed by atoms with van der Waals surface area (Å²) in [6, 6.07) is 22.7. The Bertz CT molecular complexity index is 818. The van der Waals surface area contributed by atoms with Gasteiger partial charge >= 0.3 is 0 Å². The van der Waals surface area contributed by atoms with Gasteiger partial charge in [-0.05, 0) is 40.7 Å². The zero-order valence-electron chi connectivity index (χ0n) is 14.6. The van der Waals surface area contributed by atoms with Crippen LogP contribution < -0.4 is 0 Å². The van der Waals surface area contributed by atoms with Crippen molar-refractivity contribution in [1.29, 1.82) is 0 Å². The summed E-state index contributed by atoms with van der Waals surface area (Å²) in [7, 11) is 0. The van der Waals surface area contributed by atoms with E-state index in [4.69, 9.17) is 0 Å². The fourth-order valence-electron chi connectivity index (χ4n) is 3.45. The van der Waals surface area contributed by atoms with Crippen LogP contribution in [-0.4, -0.2) is 5.11 Å². The first-order valence-electron chi connectivity index (χ1n) is 8.63. The summed E-state index contributed by atoms with van der Waals surface area (Å²) in [6.07, 6.45) is 0.903. The maximum absolute atomic E-state index is 11.0. The lowest BCUT2D eigenvalue weighted by atomic mass is 9.84. The summed E-state index contributed by atoms with van der Waals surface area (Å²) >= 11 is 0. The molecule has 3 rings (SSSR count). The van der Waals surface area contributed by atoms with Gasteiger partial charge in [0.15, 0.2) is 0 Å². The highest BCUT2D eigenvalue weighted by Crippen LogP contribution is 2.43. The van der Waals surface area contributed by atoms with Crippen LogP contribution in [0, 0.1) is 0 Å². The molecule has 0 atom stereocenters. The Morgan fingerprint density at radius 2 is 1.29 bits per heavy atom. The van der Waals surface area contributed by atoms with Crippen molar-refractivity contribution in [2.45, 2.75) is 33.1 Å². The van der Waals surface area contributed by atoms with E-state index in [1.165, 1.54) is 16.7 Å². The average molecular weight is 316 g/mol. The molecule has 0 fully saturated rings. The van der Waals surface area contributed by atoms with Crippen molar-refractivity contribution in [1.82, 2.24) is 0 Å². The van der Waals surface area contributed by atoms with Gasteiger partial charge in [0.1, 0.15) is 5.75 Å². The SMILES string of the molecule is CCc1c(-c2ccccc2)cc(-c2ccccc2)c(O)c1C(C)C. The molecule has 1 N–H and O–H groups in total. The molecule has 0 aliphatic carbocycles. The number of rotatable bonds is 4. The Labute approximate surface area is 144 Å². The first kappa shape index (κ1) is 16.3. The van der Waals surface area contributed by atoms with Crippen LogP contribution in [0.2, 0.25) is 0 Å². The van der Waals surface area contributed by atoms with Crippen molar-refractivity contribution in [3.05, 3.63) is 77.9 Å². The lowest BCUT2D eigenvalue weighted by Crippen LogP contribution is -2.01. The molecule has 0 bridgehead atoms. The van der Waals surface area contributed by atoms with Gasteiger partial charge in [-0.1, -0.05) is 81.4 Å². The van der Waals surface area contributed by atoms with Crippen molar-refractivity contribution in [2.24, 2.45) is 0 Å². The number of hydrogen-bond acceptors (Lipinski definition) is 1. The summed E-state index contributed by atoms with van der Waals surface area (Å²) in [4.78, 5) is 0. The molecule has 0 amide bonds. The minimum absolute atomic E-state index is 0.270. The van der Waals surface area contributed by atoms with E-state index in [2.05, 4.69) is 63.2 Å². The van der Waals surface area contributed by atoms with Crippen molar-refractivity contribution in [3.63, 3.8) is 0 Å². The number of phenols is 1. The zero-order valence-corrected chi connectivity index (χ0v) is 14.6. The fraction of sp³-hybridized carbons (Fsp3) is 0.217. The van der Waals surface area contributed by atoms with Gasteiger partial charge in [-0.25, -0.2) is 0 Å². The van der Waals surface area contributed by atoms with Gasteiger partial charge in [0.25, 0.3) is 0 Å². The molecule has 0 saturated heterocycles. The van der Waals surface area contributed by atoms with E-state index in [1.807, 2.05) is 24.3 Å². The van der Waals surface area contributed by atoms with Crippen LogP contribution in [-0.2, 0) is 6.42 Å². The summed E-state index contributed by atoms with van der Waals surface area (Å²) in [5.41, 5.74) is 6.70. The number of phenolic OH excluding ortho intramolecular Hbond substituents is 1. The lowest BCUT2D eigenvalue weighted by Gasteiger charge is -2.21. The monoisotopic (exact) mass is 316 g/mol. The molecule has 0 saturated carbocycles. The highest BCUT2D eigenvalue weighted by atomic mass is 16.3. The largest absolute Gasteiger partial charge is 0.507 e. The molecule has 3 aromatic rings. The lowest BCUT2D eigenvalue weighted by molar-refractivity contribution is 0.466. The Hall–Kier alpha value is -2.54. The predicted octanol–water partition coefficient (Wildman–Crippen LogP) is 6.41. The van der Waals surface area contributed by atoms with Gasteiger partial charge in [-0.15, -0.1) is 0 Å². The molecule has 122 valence electrons. The smallest absolute Gasteiger partial charge is 0.127 e. The van der Waals surface area contributed by atoms with Gasteiger partial charge < -0.3 is 5.11 Å². The topological polar surface area (TPSA) is 20.2 Å². The van der Waals surface area contributed by atoms with Crippen molar-refractivity contribution in [3.8, 4) is 28.0 Å². The van der Waals surface area contributed by atoms with E-state index in [1.54, 1.807) is 0 Å². The third kappa shape index (κ3) is 2.94. The third-order valence-corrected chi connectivity index (χ3v) is 4.55. The van der Waals surface area contributed by atoms with Gasteiger partial charge in [0, 0.05) is 11.1 Å². The third-order valence-electron chi connectivity index (χ3n) is 4.55. The van der Waals surface area contributed by atoms with E-state index in [9.17, 15) is 5.11 Å². The summed E-state index contributed by atoms with van der Waals surface area (Å²) < 4.78 is 0. The van der Waals surface area contributed by atoms with Crippen LogP contribution in [0.5, 0.6) is 5.75 Å². The predicted molar refractivity (Wildman–Crippen MR) is 102 cm³/mol. The van der Waals surface area contributed by atoms with Crippen LogP contribution in [0.1, 0.15) is 37.8 Å². The molecule has 0 radical (unpaired) electrons. The van der Waals surface area contributed by atoms with Crippen LogP contribution in [0.4, 0.5) is 0 Å². The van der Waals surface area contributed by atoms with E-state index in [0.717, 1.165) is 23.1 Å².